The van der Waals surface area contributed by atoms with Crippen molar-refractivity contribution in [3.05, 3.63) is 42.2 Å². The molecule has 2 saturated heterocycles. The van der Waals surface area contributed by atoms with Crippen molar-refractivity contribution in [2.75, 3.05) is 39.4 Å². The van der Waals surface area contributed by atoms with Crippen LogP contribution < -0.4 is 0 Å². The van der Waals surface area contributed by atoms with Gasteiger partial charge in [0, 0.05) is 38.4 Å². The summed E-state index contributed by atoms with van der Waals surface area (Å²) in [5.74, 6) is -2.69. The zero-order valence-corrected chi connectivity index (χ0v) is 17.8. The third kappa shape index (κ3) is 6.29. The maximum atomic E-state index is 12.6. The number of carbonyl (C=O) groups excluding carboxylic acids is 1. The number of carboxylic acids is 1. The molecule has 2 fully saturated rings. The van der Waals surface area contributed by atoms with Crippen LogP contribution in [0, 0.1) is 5.41 Å². The van der Waals surface area contributed by atoms with Crippen molar-refractivity contribution in [2.24, 2.45) is 5.41 Å². The van der Waals surface area contributed by atoms with E-state index in [1.54, 1.807) is 12.3 Å². The van der Waals surface area contributed by atoms with Gasteiger partial charge in [0.05, 0.1) is 13.2 Å². The number of aromatic nitrogens is 1. The molecule has 1 aromatic rings. The number of allylic oxidation sites excluding steroid dienone is 1. The average molecular weight is 455 g/mol. The first-order chi connectivity index (χ1) is 15.2. The Kier molecular flexibility index (Phi) is 7.89. The Morgan fingerprint density at radius 1 is 1.09 bits per heavy atom. The number of halogens is 3. The molecule has 1 aliphatic carbocycles. The van der Waals surface area contributed by atoms with E-state index in [0.717, 1.165) is 52.2 Å². The van der Waals surface area contributed by atoms with Crippen molar-refractivity contribution < 1.29 is 32.6 Å². The molecule has 2 aliphatic heterocycles. The van der Waals surface area contributed by atoms with Gasteiger partial charge in [-0.3, -0.25) is 14.7 Å². The molecule has 1 aromatic heterocycles. The summed E-state index contributed by atoms with van der Waals surface area (Å²) in [6.45, 7) is 5.49. The van der Waals surface area contributed by atoms with E-state index in [9.17, 15) is 18.0 Å². The number of morpholine rings is 1. The van der Waals surface area contributed by atoms with Gasteiger partial charge in [0.2, 0.25) is 0 Å². The molecule has 1 atom stereocenters. The smallest absolute Gasteiger partial charge is 0.475 e. The van der Waals surface area contributed by atoms with Gasteiger partial charge in [-0.2, -0.15) is 13.2 Å². The third-order valence-corrected chi connectivity index (χ3v) is 6.30. The van der Waals surface area contributed by atoms with E-state index in [1.807, 2.05) is 17.0 Å². The molecule has 7 nitrogen and oxygen atoms in total. The van der Waals surface area contributed by atoms with Crippen LogP contribution in [0.3, 0.4) is 0 Å². The topological polar surface area (TPSA) is 83.0 Å². The monoisotopic (exact) mass is 455 g/mol. The van der Waals surface area contributed by atoms with Gasteiger partial charge < -0.3 is 14.7 Å². The second-order valence-electron chi connectivity index (χ2n) is 8.29. The summed E-state index contributed by atoms with van der Waals surface area (Å²) in [5.41, 5.74) is 0.856. The van der Waals surface area contributed by atoms with Crippen molar-refractivity contribution in [2.45, 2.75) is 37.9 Å². The molecule has 3 heterocycles. The van der Waals surface area contributed by atoms with Gasteiger partial charge in [0.15, 0.2) is 0 Å². The molecule has 32 heavy (non-hydrogen) atoms. The van der Waals surface area contributed by atoms with Crippen molar-refractivity contribution in [3.63, 3.8) is 0 Å². The Morgan fingerprint density at radius 3 is 2.25 bits per heavy atom. The number of hydrogen-bond donors (Lipinski definition) is 1. The summed E-state index contributed by atoms with van der Waals surface area (Å²) >= 11 is 0. The highest BCUT2D eigenvalue weighted by Gasteiger charge is 2.38. The first-order valence-electron chi connectivity index (χ1n) is 10.7. The Labute approximate surface area is 184 Å². The van der Waals surface area contributed by atoms with Gasteiger partial charge in [-0.05, 0) is 43.2 Å². The molecule has 0 saturated carbocycles. The fourth-order valence-corrected chi connectivity index (χ4v) is 4.37. The summed E-state index contributed by atoms with van der Waals surface area (Å²) in [5, 5.41) is 7.12. The standard InChI is InChI=1S/C20H27N3O2.C2HF3O2/c24-19(18-3-1-2-10-21-18)23-11-8-20(9-12-23)6-4-17(5-7-20)22-13-15-25-16-14-22;3-2(4,5)1(6)7/h1-4,6,10,17H,5,7-9,11-16H2;(H,6,7). The predicted octanol–water partition coefficient (Wildman–Crippen LogP) is 2.99. The van der Waals surface area contributed by atoms with Crippen LogP contribution in [0.4, 0.5) is 13.2 Å². The number of alkyl halides is 3. The van der Waals surface area contributed by atoms with Crippen molar-refractivity contribution >= 4 is 11.9 Å². The lowest BCUT2D eigenvalue weighted by Gasteiger charge is -2.44. The minimum Gasteiger partial charge on any atom is -0.475 e. The zero-order valence-electron chi connectivity index (χ0n) is 17.8. The van der Waals surface area contributed by atoms with E-state index in [4.69, 9.17) is 14.6 Å². The lowest BCUT2D eigenvalue weighted by atomic mass is 9.71. The van der Waals surface area contributed by atoms with E-state index in [1.165, 1.54) is 12.8 Å². The highest BCUT2D eigenvalue weighted by atomic mass is 19.4. The quantitative estimate of drug-likeness (QED) is 0.691. The molecule has 3 aliphatic rings. The van der Waals surface area contributed by atoms with Crippen molar-refractivity contribution in [1.29, 1.82) is 0 Å². The molecule has 1 spiro atoms. The van der Waals surface area contributed by atoms with E-state index >= 15 is 0 Å². The number of pyridine rings is 1. The molecule has 1 N–H and O–H groups in total. The lowest BCUT2D eigenvalue weighted by Crippen LogP contribution is -2.47. The maximum Gasteiger partial charge on any atom is 0.490 e. The normalized spacial score (nSPS) is 23.3. The second-order valence-corrected chi connectivity index (χ2v) is 8.29. The van der Waals surface area contributed by atoms with E-state index in [-0.39, 0.29) is 5.91 Å². The minimum atomic E-state index is -5.08. The summed E-state index contributed by atoms with van der Waals surface area (Å²) in [7, 11) is 0. The van der Waals surface area contributed by atoms with Gasteiger partial charge in [-0.1, -0.05) is 18.2 Å². The molecule has 0 radical (unpaired) electrons. The van der Waals surface area contributed by atoms with Crippen molar-refractivity contribution in [3.8, 4) is 0 Å². The summed E-state index contributed by atoms with van der Waals surface area (Å²) < 4.78 is 37.2. The number of carboxylic acid groups (broad SMARTS) is 1. The number of amides is 1. The highest BCUT2D eigenvalue weighted by Crippen LogP contribution is 2.41. The lowest BCUT2D eigenvalue weighted by molar-refractivity contribution is -0.192. The van der Waals surface area contributed by atoms with Crippen LogP contribution >= 0.6 is 0 Å². The summed E-state index contributed by atoms with van der Waals surface area (Å²) in [4.78, 5) is 30.2. The second kappa shape index (κ2) is 10.4. The molecule has 176 valence electrons. The van der Waals surface area contributed by atoms with Gasteiger partial charge in [0.1, 0.15) is 5.69 Å². The van der Waals surface area contributed by atoms with Crippen LogP contribution in [0.15, 0.2) is 36.5 Å². The van der Waals surface area contributed by atoms with Gasteiger partial charge >= 0.3 is 12.1 Å². The van der Waals surface area contributed by atoms with Crippen LogP contribution in [0.1, 0.15) is 36.2 Å². The first kappa shape index (κ1) is 24.2. The van der Waals surface area contributed by atoms with Crippen LogP contribution in [0.5, 0.6) is 0 Å². The number of ether oxygens (including phenoxy) is 1. The predicted molar refractivity (Wildman–Crippen MR) is 110 cm³/mol. The molecule has 0 aromatic carbocycles. The average Bonchev–Trinajstić information content (AvgIpc) is 2.81. The summed E-state index contributed by atoms with van der Waals surface area (Å²) in [6, 6.07) is 6.10. The molecule has 1 amide bonds. The fourth-order valence-electron chi connectivity index (χ4n) is 4.37. The van der Waals surface area contributed by atoms with Crippen LogP contribution in [0.25, 0.3) is 0 Å². The number of nitrogens with zero attached hydrogens (tertiary/aromatic N) is 3. The third-order valence-electron chi connectivity index (χ3n) is 6.30. The van der Waals surface area contributed by atoms with E-state index in [0.29, 0.717) is 17.2 Å². The zero-order chi connectivity index (χ0) is 23.2. The SMILES string of the molecule is O=C(O)C(F)(F)F.O=C(c1ccccn1)N1CCC2(C=CC(N3CCOCC3)CC2)CC1. The highest BCUT2D eigenvalue weighted by molar-refractivity contribution is 5.92. The molecular formula is C22H28F3N3O4. The Morgan fingerprint density at radius 2 is 1.75 bits per heavy atom. The van der Waals surface area contributed by atoms with Gasteiger partial charge in [-0.25, -0.2) is 4.79 Å². The Hall–Kier alpha value is -2.46. The van der Waals surface area contributed by atoms with Gasteiger partial charge in [0.25, 0.3) is 5.91 Å². The van der Waals surface area contributed by atoms with E-state index in [2.05, 4.69) is 22.0 Å². The number of carbonyl (C=O) groups is 2. The number of hydrogen-bond acceptors (Lipinski definition) is 5. The Bertz CT molecular complexity index is 802. The molecule has 4 rings (SSSR count). The Balaban J connectivity index is 0.000000360. The van der Waals surface area contributed by atoms with Crippen LogP contribution in [-0.4, -0.2) is 83.4 Å². The number of likely N-dealkylation sites (tertiary alicyclic amines) is 1. The largest absolute Gasteiger partial charge is 0.490 e. The first-order valence-corrected chi connectivity index (χ1v) is 10.7. The molecule has 10 heteroatoms. The molecular weight excluding hydrogens is 427 g/mol. The molecule has 1 unspecified atom stereocenters. The summed E-state index contributed by atoms with van der Waals surface area (Å²) in [6.07, 6.45) is 6.08. The van der Waals surface area contributed by atoms with Crippen LogP contribution in [-0.2, 0) is 9.53 Å². The fraction of sp³-hybridized carbons (Fsp3) is 0.591. The molecule has 0 bridgehead atoms. The van der Waals surface area contributed by atoms with E-state index < -0.39 is 12.1 Å². The number of piperidine rings is 1. The minimum absolute atomic E-state index is 0.0708. The van der Waals surface area contributed by atoms with Gasteiger partial charge in [-0.15, -0.1) is 0 Å². The van der Waals surface area contributed by atoms with Crippen LogP contribution in [0.2, 0.25) is 0 Å². The maximum absolute atomic E-state index is 12.6. The number of aliphatic carboxylic acids is 1. The number of rotatable bonds is 2. The van der Waals surface area contributed by atoms with Crippen molar-refractivity contribution in [1.82, 2.24) is 14.8 Å².